The van der Waals surface area contributed by atoms with Gasteiger partial charge in [0, 0.05) is 37.4 Å². The van der Waals surface area contributed by atoms with Crippen molar-refractivity contribution < 1.29 is 66.8 Å². The van der Waals surface area contributed by atoms with Gasteiger partial charge in [0.2, 0.25) is 17.7 Å². The molecule has 480 valence electrons. The third-order valence-corrected chi connectivity index (χ3v) is 15.7. The van der Waals surface area contributed by atoms with Crippen LogP contribution in [-0.2, 0) is 65.7 Å². The summed E-state index contributed by atoms with van der Waals surface area (Å²) in [4.78, 5) is 104. The highest BCUT2D eigenvalue weighted by molar-refractivity contribution is 6.04. The number of hydrogen-bond donors (Lipinski definition) is 0. The molecule has 5 fully saturated rings. The lowest BCUT2D eigenvalue weighted by atomic mass is 9.95. The van der Waals surface area contributed by atoms with Gasteiger partial charge in [-0.3, -0.25) is 24.1 Å². The topological polar surface area (TPSA) is 211 Å². The number of cyclic esters (lactones) is 4. The van der Waals surface area contributed by atoms with Crippen LogP contribution in [0.15, 0.2) is 170 Å². The molecule has 5 saturated heterocycles. The highest BCUT2D eigenvalue weighted by Crippen LogP contribution is 2.25. The van der Waals surface area contributed by atoms with Gasteiger partial charge in [-0.25, -0.2) is 38.8 Å². The smallest absolute Gasteiger partial charge is 0.417 e. The molecule has 0 aromatic heterocycles. The monoisotopic (exact) mass is 1240 g/mol. The molecule has 20 heteroatoms. The number of carbonyl (C=O) groups excluding carboxylic acids is 8. The molecule has 0 aliphatic carbocycles. The van der Waals surface area contributed by atoms with Crippen molar-refractivity contribution >= 4 is 48.0 Å². The van der Waals surface area contributed by atoms with Gasteiger partial charge in [0.25, 0.3) is 5.91 Å². The first-order valence-corrected chi connectivity index (χ1v) is 31.1. The Balaban J connectivity index is 0.000000157. The number of amides is 8. The van der Waals surface area contributed by atoms with Crippen molar-refractivity contribution in [3.05, 3.63) is 203 Å². The van der Waals surface area contributed by atoms with Crippen molar-refractivity contribution in [2.24, 2.45) is 5.92 Å². The lowest BCUT2D eigenvalue weighted by Crippen LogP contribution is -2.44. The lowest BCUT2D eigenvalue weighted by molar-refractivity contribution is -0.133. The Morgan fingerprint density at radius 2 is 1.03 bits per heavy atom. The fourth-order valence-corrected chi connectivity index (χ4v) is 10.8. The van der Waals surface area contributed by atoms with E-state index in [0.29, 0.717) is 63.8 Å². The summed E-state index contributed by atoms with van der Waals surface area (Å²) in [7, 11) is 3.79. The highest BCUT2D eigenvalue weighted by Gasteiger charge is 2.39. The maximum Gasteiger partial charge on any atom is 0.417 e. The van der Waals surface area contributed by atoms with E-state index in [1.807, 2.05) is 135 Å². The number of likely N-dealkylation sites (tertiary alicyclic amines) is 1. The fourth-order valence-electron chi connectivity index (χ4n) is 10.8. The van der Waals surface area contributed by atoms with E-state index < -0.39 is 24.4 Å². The number of rotatable bonds is 21. The van der Waals surface area contributed by atoms with E-state index in [1.165, 1.54) is 31.4 Å². The van der Waals surface area contributed by atoms with Crippen LogP contribution < -0.4 is 9.47 Å². The zero-order valence-corrected chi connectivity index (χ0v) is 52.1. The Morgan fingerprint density at radius 3 is 1.59 bits per heavy atom. The van der Waals surface area contributed by atoms with Crippen LogP contribution in [0.3, 0.4) is 0 Å². The van der Waals surface area contributed by atoms with Crippen molar-refractivity contribution in [2.45, 2.75) is 89.9 Å². The van der Waals surface area contributed by atoms with Gasteiger partial charge < -0.3 is 33.3 Å². The Hall–Kier alpha value is -9.40. The van der Waals surface area contributed by atoms with Crippen molar-refractivity contribution in [3.63, 3.8) is 0 Å². The van der Waals surface area contributed by atoms with Gasteiger partial charge in [-0.2, -0.15) is 0 Å². The van der Waals surface area contributed by atoms with Crippen LogP contribution in [0.1, 0.15) is 83.6 Å². The van der Waals surface area contributed by atoms with Crippen molar-refractivity contribution in [2.75, 3.05) is 79.9 Å². The van der Waals surface area contributed by atoms with E-state index >= 15 is 0 Å². The summed E-state index contributed by atoms with van der Waals surface area (Å²) >= 11 is 0. The molecule has 0 radical (unpaired) electrons. The molecule has 6 aromatic rings. The first-order valence-electron chi connectivity index (χ1n) is 31.1. The van der Waals surface area contributed by atoms with Crippen LogP contribution in [0.25, 0.3) is 0 Å². The van der Waals surface area contributed by atoms with Crippen molar-refractivity contribution in [1.29, 1.82) is 0 Å². The summed E-state index contributed by atoms with van der Waals surface area (Å²) in [5.41, 5.74) is 6.21. The maximum atomic E-state index is 12.7. The van der Waals surface area contributed by atoms with Gasteiger partial charge in [-0.15, -0.1) is 0 Å². The summed E-state index contributed by atoms with van der Waals surface area (Å²) in [6.45, 7) is 8.06. The van der Waals surface area contributed by atoms with Gasteiger partial charge in [-0.05, 0) is 130 Å². The normalized spacial score (nSPS) is 17.1. The second kappa shape index (κ2) is 35.1. The van der Waals surface area contributed by atoms with E-state index in [2.05, 4.69) is 41.3 Å². The average Bonchev–Trinajstić information content (AvgIpc) is 1.88. The van der Waals surface area contributed by atoms with E-state index in [1.54, 1.807) is 24.3 Å². The molecule has 6 aromatic carbocycles. The molecular formula is C71H82N6O14. The zero-order chi connectivity index (χ0) is 64.3. The van der Waals surface area contributed by atoms with E-state index in [4.69, 9.17) is 28.4 Å². The quantitative estimate of drug-likeness (QED) is 0.0484. The molecule has 0 unspecified atom stereocenters. The molecule has 5 aliphatic rings. The van der Waals surface area contributed by atoms with E-state index in [-0.39, 0.29) is 61.3 Å². The van der Waals surface area contributed by atoms with Gasteiger partial charge in [0.1, 0.15) is 44.5 Å². The molecule has 5 aliphatic heterocycles. The van der Waals surface area contributed by atoms with Crippen molar-refractivity contribution in [3.8, 4) is 11.5 Å². The summed E-state index contributed by atoms with van der Waals surface area (Å²) < 4.78 is 30.9. The molecule has 2 atom stereocenters. The van der Waals surface area contributed by atoms with E-state index in [9.17, 15) is 38.4 Å². The minimum atomic E-state index is -0.588. The number of carbonyl (C=O) groups is 8. The summed E-state index contributed by atoms with van der Waals surface area (Å²) in [6, 6.07) is 54.5. The highest BCUT2D eigenvalue weighted by atomic mass is 16.6. The Bertz CT molecular complexity index is 3300. The summed E-state index contributed by atoms with van der Waals surface area (Å²) in [6.07, 6.45) is 4.85. The standard InChI is InChI=1S/C21H24N2O4.C18H17NO4.C16H20N2O3.C16H21NO3/c1-22(2)14-18-15-27-21(25)23(18)20(24)17-8-10-19(11-9-17)26-13-12-16-6-4-3-5-7-16;20-17(19-10-11-22-18(19)21)12-14-6-8-16(9-7-14)23-13-15-4-2-1-3-5-15;19-15(18-10-11-21-16(18)20)14-6-8-17(9-7-14)12-13-4-2-1-3-5-13;1-13-12-20-16(19)17(13)15(18)11-7-3-6-10-14-8-4-2-5-9-14/h3-11,18H,12-15H2,1-2H3;1-9H,10-13H2;1-5,14H,6-12H2;2,4-5,8-9,13H,3,6-7,10-12H2,1H3/t18-;;;13-/m1..1/s1. The number of aryl methyl sites for hydroxylation is 1. The summed E-state index contributed by atoms with van der Waals surface area (Å²) in [5, 5.41) is 0. The number of hydrogen-bond acceptors (Lipinski definition) is 16. The van der Waals surface area contributed by atoms with Crippen LogP contribution in [0, 0.1) is 5.92 Å². The second-order valence-electron chi connectivity index (χ2n) is 22.9. The molecule has 11 rings (SSSR count). The molecule has 8 amide bonds. The van der Waals surface area contributed by atoms with Gasteiger partial charge in [-0.1, -0.05) is 140 Å². The van der Waals surface area contributed by atoms with Crippen LogP contribution in [0.5, 0.6) is 11.5 Å². The van der Waals surface area contributed by atoms with Gasteiger partial charge in [0.15, 0.2) is 0 Å². The molecule has 20 nitrogen and oxygen atoms in total. The Morgan fingerprint density at radius 1 is 0.505 bits per heavy atom. The minimum absolute atomic E-state index is 0.0392. The predicted octanol–water partition coefficient (Wildman–Crippen LogP) is 10.7. The van der Waals surface area contributed by atoms with Crippen molar-refractivity contribution in [1.82, 2.24) is 29.4 Å². The first-order chi connectivity index (χ1) is 44.2. The zero-order valence-electron chi connectivity index (χ0n) is 52.1. The van der Waals surface area contributed by atoms with Crippen LogP contribution in [0.4, 0.5) is 19.2 Å². The molecule has 5 heterocycles. The lowest BCUT2D eigenvalue weighted by Gasteiger charge is -2.32. The number of piperidine rings is 1. The summed E-state index contributed by atoms with van der Waals surface area (Å²) in [5.74, 6) is 0.631. The van der Waals surface area contributed by atoms with Crippen LogP contribution in [0.2, 0.25) is 0 Å². The third-order valence-electron chi connectivity index (χ3n) is 15.7. The van der Waals surface area contributed by atoms with E-state index in [0.717, 1.165) is 86.4 Å². The Kier molecular flexibility index (Phi) is 26.1. The molecule has 0 N–H and O–H groups in total. The predicted molar refractivity (Wildman–Crippen MR) is 340 cm³/mol. The molecule has 0 spiro atoms. The van der Waals surface area contributed by atoms with Gasteiger partial charge >= 0.3 is 24.4 Å². The van der Waals surface area contributed by atoms with Crippen LogP contribution in [-0.4, -0.2) is 169 Å². The number of unbranched alkanes of at least 4 members (excludes halogenated alkanes) is 2. The number of nitrogens with zero attached hydrogens (tertiary/aromatic N) is 6. The van der Waals surface area contributed by atoms with Gasteiger partial charge in [0.05, 0.1) is 38.2 Å². The fraction of sp³-hybridized carbons (Fsp3) is 0.380. The first kappa shape index (κ1) is 67.5. The molecular weight excluding hydrogens is 1160 g/mol. The number of ether oxygens (including phenoxy) is 6. The minimum Gasteiger partial charge on any atom is -0.493 e. The molecule has 0 saturated carbocycles. The van der Waals surface area contributed by atoms with Crippen LogP contribution >= 0.6 is 0 Å². The average molecular weight is 1240 g/mol. The molecule has 91 heavy (non-hydrogen) atoms. The third kappa shape index (κ3) is 21.1. The second-order valence-corrected chi connectivity index (χ2v) is 22.9. The SMILES string of the molecule is CN(C)C[C@@H]1COC(=O)N1C(=O)c1ccc(OCCc2ccccc2)cc1.C[C@@H]1COC(=O)N1C(=O)CCCCCc1ccccc1.O=C(Cc1ccc(OCc2ccccc2)cc1)N1CCOC1=O.O=C1OCCN1C(=O)C1CCN(Cc2ccccc2)CC1. The number of benzene rings is 6. The maximum absolute atomic E-state index is 12.7. The number of likely N-dealkylation sites (N-methyl/N-ethyl adjacent to an activating group) is 1. The largest absolute Gasteiger partial charge is 0.493 e. The Labute approximate surface area is 532 Å². The number of imide groups is 4. The molecule has 0 bridgehead atoms.